The van der Waals surface area contributed by atoms with E-state index in [1.807, 2.05) is 0 Å². The van der Waals surface area contributed by atoms with Crippen LogP contribution in [0.25, 0.3) is 0 Å². The van der Waals surface area contributed by atoms with Crippen molar-refractivity contribution in [2.75, 3.05) is 0 Å². The summed E-state index contributed by atoms with van der Waals surface area (Å²) in [6, 6.07) is 17.4. The van der Waals surface area contributed by atoms with Gasteiger partial charge in [0.05, 0.1) is 0 Å². The van der Waals surface area contributed by atoms with Gasteiger partial charge in [-0.25, -0.2) is 0 Å². The highest BCUT2D eigenvalue weighted by Crippen LogP contribution is 2.27. The van der Waals surface area contributed by atoms with Crippen LogP contribution in [0.4, 0.5) is 0 Å². The Morgan fingerprint density at radius 2 is 0.865 bits per heavy atom. The minimum atomic E-state index is 0.961. The number of aryl methyl sites for hydroxylation is 2. The van der Waals surface area contributed by atoms with Gasteiger partial charge in [0.1, 0.15) is 11.5 Å². The highest BCUT2D eigenvalue weighted by molar-refractivity contribution is 5.38. The zero-order chi connectivity index (χ0) is 26.2. The van der Waals surface area contributed by atoms with Crippen LogP contribution in [0.1, 0.15) is 153 Å². The molecule has 0 spiro atoms. The van der Waals surface area contributed by atoms with Crippen LogP contribution in [-0.2, 0) is 12.8 Å². The molecule has 2 aromatic carbocycles. The molecule has 0 radical (unpaired) electrons. The number of para-hydroxylation sites is 1. The van der Waals surface area contributed by atoms with Crippen molar-refractivity contribution in [3.05, 3.63) is 59.7 Å². The maximum absolute atomic E-state index is 6.31. The van der Waals surface area contributed by atoms with Crippen LogP contribution in [0.2, 0.25) is 0 Å². The minimum absolute atomic E-state index is 0.961. The van der Waals surface area contributed by atoms with Gasteiger partial charge in [0.2, 0.25) is 0 Å². The summed E-state index contributed by atoms with van der Waals surface area (Å²) in [6.07, 6.45) is 30.1. The van der Waals surface area contributed by atoms with E-state index in [0.717, 1.165) is 17.9 Å². The molecular formula is C36H58O. The van der Waals surface area contributed by atoms with Gasteiger partial charge in [-0.2, -0.15) is 0 Å². The van der Waals surface area contributed by atoms with Crippen molar-refractivity contribution < 1.29 is 4.74 Å². The predicted octanol–water partition coefficient (Wildman–Crippen LogP) is 12.4. The van der Waals surface area contributed by atoms with Crippen LogP contribution >= 0.6 is 0 Å². The largest absolute Gasteiger partial charge is 0.457 e. The van der Waals surface area contributed by atoms with Crippen LogP contribution < -0.4 is 4.74 Å². The smallest absolute Gasteiger partial charge is 0.130 e. The molecule has 0 aliphatic rings. The molecule has 2 rings (SSSR count). The third-order valence-electron chi connectivity index (χ3n) is 7.74. The Balaban J connectivity index is 1.59. The molecule has 0 unspecified atom stereocenters. The van der Waals surface area contributed by atoms with Gasteiger partial charge in [-0.05, 0) is 55.0 Å². The fourth-order valence-electron chi connectivity index (χ4n) is 5.28. The van der Waals surface area contributed by atoms with E-state index in [0.29, 0.717) is 0 Å². The first-order valence-electron chi connectivity index (χ1n) is 16.2. The van der Waals surface area contributed by atoms with Crippen molar-refractivity contribution in [2.45, 2.75) is 155 Å². The summed E-state index contributed by atoms with van der Waals surface area (Å²) in [5.41, 5.74) is 2.78. The molecule has 0 N–H and O–H groups in total. The van der Waals surface area contributed by atoms with Crippen LogP contribution in [0.15, 0.2) is 48.5 Å². The number of unbranched alkanes of at least 4 members (excludes halogenated alkanes) is 18. The quantitative estimate of drug-likeness (QED) is 0.129. The highest BCUT2D eigenvalue weighted by atomic mass is 16.5. The summed E-state index contributed by atoms with van der Waals surface area (Å²) in [4.78, 5) is 0. The summed E-state index contributed by atoms with van der Waals surface area (Å²) in [6.45, 7) is 4.58. The van der Waals surface area contributed by atoms with Gasteiger partial charge in [-0.3, -0.25) is 0 Å². The Morgan fingerprint density at radius 1 is 0.432 bits per heavy atom. The monoisotopic (exact) mass is 506 g/mol. The van der Waals surface area contributed by atoms with Crippen LogP contribution in [-0.4, -0.2) is 0 Å². The highest BCUT2D eigenvalue weighted by Gasteiger charge is 2.05. The zero-order valence-corrected chi connectivity index (χ0v) is 24.6. The van der Waals surface area contributed by atoms with Gasteiger partial charge in [0.25, 0.3) is 0 Å². The first-order chi connectivity index (χ1) is 18.3. The Hall–Kier alpha value is -1.76. The predicted molar refractivity (Wildman–Crippen MR) is 164 cm³/mol. The van der Waals surface area contributed by atoms with Crippen LogP contribution in [0.3, 0.4) is 0 Å². The van der Waals surface area contributed by atoms with Crippen molar-refractivity contribution in [1.29, 1.82) is 0 Å². The average Bonchev–Trinajstić information content (AvgIpc) is 2.92. The first-order valence-corrected chi connectivity index (χ1v) is 16.2. The molecule has 0 aliphatic heterocycles. The molecule has 0 atom stereocenters. The van der Waals surface area contributed by atoms with Crippen molar-refractivity contribution in [3.8, 4) is 11.5 Å². The van der Waals surface area contributed by atoms with E-state index in [4.69, 9.17) is 4.74 Å². The van der Waals surface area contributed by atoms with E-state index in [1.165, 1.54) is 146 Å². The Bertz CT molecular complexity index is 762. The average molecular weight is 507 g/mol. The van der Waals surface area contributed by atoms with Gasteiger partial charge in [-0.1, -0.05) is 160 Å². The second-order valence-corrected chi connectivity index (χ2v) is 11.2. The van der Waals surface area contributed by atoms with Crippen molar-refractivity contribution in [3.63, 3.8) is 0 Å². The molecular weight excluding hydrogens is 448 g/mol. The molecule has 1 nitrogen and oxygen atoms in total. The normalized spacial score (nSPS) is 11.2. The Morgan fingerprint density at radius 3 is 1.38 bits per heavy atom. The summed E-state index contributed by atoms with van der Waals surface area (Å²) in [7, 11) is 0. The van der Waals surface area contributed by atoms with E-state index >= 15 is 0 Å². The molecule has 37 heavy (non-hydrogen) atoms. The third-order valence-corrected chi connectivity index (χ3v) is 7.74. The summed E-state index contributed by atoms with van der Waals surface area (Å²) in [5, 5.41) is 0. The van der Waals surface area contributed by atoms with Crippen LogP contribution in [0, 0.1) is 0 Å². The van der Waals surface area contributed by atoms with Gasteiger partial charge in [0, 0.05) is 0 Å². The first kappa shape index (κ1) is 31.5. The Labute approximate surface area is 230 Å². The molecule has 0 fully saturated rings. The minimum Gasteiger partial charge on any atom is -0.457 e. The SMILES string of the molecule is CCCCCCCCCCCCc1ccc(Oc2ccccc2CCCCCCCCCCCC)cc1. The molecule has 0 saturated carbocycles. The lowest BCUT2D eigenvalue weighted by Gasteiger charge is -2.12. The molecule has 0 bridgehead atoms. The molecule has 1 heteroatoms. The summed E-state index contributed by atoms with van der Waals surface area (Å²) < 4.78 is 6.31. The molecule has 0 aromatic heterocycles. The fourth-order valence-corrected chi connectivity index (χ4v) is 5.28. The van der Waals surface area contributed by atoms with Gasteiger partial charge >= 0.3 is 0 Å². The van der Waals surface area contributed by atoms with E-state index in [-0.39, 0.29) is 0 Å². The number of benzene rings is 2. The summed E-state index contributed by atoms with van der Waals surface area (Å²) >= 11 is 0. The van der Waals surface area contributed by atoms with Gasteiger partial charge < -0.3 is 4.74 Å². The third kappa shape index (κ3) is 15.9. The maximum Gasteiger partial charge on any atom is 0.130 e. The molecule has 0 saturated heterocycles. The standard InChI is InChI=1S/C36H58O/c1-3-5-7-9-11-13-15-17-19-21-25-33-29-31-35(32-30-33)37-36-28-24-23-27-34(36)26-22-20-18-16-14-12-10-8-6-4-2/h23-24,27-32H,3-22,25-26H2,1-2H3. The number of ether oxygens (including phenoxy) is 1. The molecule has 0 aliphatic carbocycles. The van der Waals surface area contributed by atoms with Crippen molar-refractivity contribution in [2.24, 2.45) is 0 Å². The molecule has 2 aromatic rings. The molecule has 0 amide bonds. The van der Waals surface area contributed by atoms with Crippen molar-refractivity contribution in [1.82, 2.24) is 0 Å². The number of hydrogen-bond acceptors (Lipinski definition) is 1. The van der Waals surface area contributed by atoms with Crippen LogP contribution in [0.5, 0.6) is 11.5 Å². The van der Waals surface area contributed by atoms with E-state index in [9.17, 15) is 0 Å². The topological polar surface area (TPSA) is 9.23 Å². The van der Waals surface area contributed by atoms with E-state index in [1.54, 1.807) is 0 Å². The molecule has 0 heterocycles. The van der Waals surface area contributed by atoms with Gasteiger partial charge in [-0.15, -0.1) is 0 Å². The van der Waals surface area contributed by atoms with E-state index < -0.39 is 0 Å². The lowest BCUT2D eigenvalue weighted by Crippen LogP contribution is -1.93. The second-order valence-electron chi connectivity index (χ2n) is 11.2. The molecule has 208 valence electrons. The summed E-state index contributed by atoms with van der Waals surface area (Å²) in [5.74, 6) is 1.99. The fraction of sp³-hybridized carbons (Fsp3) is 0.667. The maximum atomic E-state index is 6.31. The van der Waals surface area contributed by atoms with E-state index in [2.05, 4.69) is 62.4 Å². The lowest BCUT2D eigenvalue weighted by atomic mass is 10.0. The lowest BCUT2D eigenvalue weighted by molar-refractivity contribution is 0.473. The van der Waals surface area contributed by atoms with Crippen molar-refractivity contribution >= 4 is 0 Å². The Kier molecular flexibility index (Phi) is 18.9. The number of rotatable bonds is 24. The zero-order valence-electron chi connectivity index (χ0n) is 24.6. The number of hydrogen-bond donors (Lipinski definition) is 0. The van der Waals surface area contributed by atoms with Gasteiger partial charge in [0.15, 0.2) is 0 Å². The second kappa shape index (κ2) is 22.2.